The van der Waals surface area contributed by atoms with Gasteiger partial charge in [-0.1, -0.05) is 0 Å². The molecule has 128 valence electrons. The highest BCUT2D eigenvalue weighted by Gasteiger charge is 2.32. The second kappa shape index (κ2) is 6.64. The van der Waals surface area contributed by atoms with E-state index in [0.717, 1.165) is 6.07 Å². The second-order valence-electron chi connectivity index (χ2n) is 4.80. The number of carbonyl (C=O) groups is 1. The van der Waals surface area contributed by atoms with Gasteiger partial charge in [0.15, 0.2) is 17.6 Å². The quantitative estimate of drug-likeness (QED) is 0.655. The van der Waals surface area contributed by atoms with Crippen molar-refractivity contribution in [3.8, 4) is 22.8 Å². The fraction of sp³-hybridized carbons (Fsp3) is 0.200. The first-order chi connectivity index (χ1) is 11.1. The van der Waals surface area contributed by atoms with Crippen molar-refractivity contribution in [1.82, 2.24) is 4.98 Å². The summed E-state index contributed by atoms with van der Waals surface area (Å²) in [5.74, 6) is -1.73. The molecule has 0 aliphatic carbocycles. The molecule has 1 aromatic heterocycles. The molecular formula is C15H10ClF4NO3. The van der Waals surface area contributed by atoms with Crippen molar-refractivity contribution in [3.63, 3.8) is 0 Å². The van der Waals surface area contributed by atoms with Crippen molar-refractivity contribution in [2.45, 2.75) is 19.2 Å². The summed E-state index contributed by atoms with van der Waals surface area (Å²) in [6.07, 6.45) is -5.24. The van der Waals surface area contributed by atoms with E-state index >= 15 is 0 Å². The Kier molecular flexibility index (Phi) is 4.98. The molecule has 0 fully saturated rings. The molecule has 0 radical (unpaired) electrons. The van der Waals surface area contributed by atoms with E-state index in [9.17, 15) is 27.5 Å². The molecule has 9 heteroatoms. The largest absolute Gasteiger partial charge is 0.504 e. The van der Waals surface area contributed by atoms with Gasteiger partial charge in [-0.2, -0.15) is 13.2 Å². The number of rotatable bonds is 4. The van der Waals surface area contributed by atoms with Gasteiger partial charge in [0.05, 0.1) is 5.56 Å². The lowest BCUT2D eigenvalue weighted by Crippen LogP contribution is -2.18. The van der Waals surface area contributed by atoms with Crippen LogP contribution in [-0.4, -0.2) is 21.4 Å². The van der Waals surface area contributed by atoms with E-state index in [1.165, 1.54) is 19.1 Å². The van der Waals surface area contributed by atoms with Crippen molar-refractivity contribution in [1.29, 1.82) is 0 Å². The number of aromatic nitrogens is 1. The highest BCUT2D eigenvalue weighted by molar-refractivity contribution is 6.64. The van der Waals surface area contributed by atoms with Crippen molar-refractivity contribution in [3.05, 3.63) is 41.8 Å². The number of ether oxygens (including phenoxy) is 1. The summed E-state index contributed by atoms with van der Waals surface area (Å²) in [5.41, 5.74) is -1.55. The lowest BCUT2D eigenvalue weighted by atomic mass is 10.1. The number of hydrogen-bond donors (Lipinski definition) is 1. The molecule has 24 heavy (non-hydrogen) atoms. The van der Waals surface area contributed by atoms with Gasteiger partial charge in [-0.05, 0) is 42.8 Å². The number of halogens is 5. The van der Waals surface area contributed by atoms with Gasteiger partial charge in [0, 0.05) is 11.8 Å². The molecule has 0 saturated carbocycles. The average molecular weight is 364 g/mol. The highest BCUT2D eigenvalue weighted by Crippen LogP contribution is 2.35. The molecule has 1 N–H and O–H groups in total. The fourth-order valence-corrected chi connectivity index (χ4v) is 1.85. The van der Waals surface area contributed by atoms with Crippen molar-refractivity contribution in [2.24, 2.45) is 0 Å². The maximum absolute atomic E-state index is 13.9. The van der Waals surface area contributed by atoms with E-state index < -0.39 is 34.7 Å². The molecule has 0 amide bonds. The molecule has 0 spiro atoms. The van der Waals surface area contributed by atoms with Gasteiger partial charge in [-0.15, -0.1) is 0 Å². The predicted molar refractivity (Wildman–Crippen MR) is 77.2 cm³/mol. The fourth-order valence-electron chi connectivity index (χ4n) is 1.81. The van der Waals surface area contributed by atoms with Crippen LogP contribution in [0.1, 0.15) is 12.5 Å². The summed E-state index contributed by atoms with van der Waals surface area (Å²) in [7, 11) is 0. The highest BCUT2D eigenvalue weighted by atomic mass is 35.5. The Hall–Kier alpha value is -2.35. The number of pyridine rings is 1. The summed E-state index contributed by atoms with van der Waals surface area (Å²) in [5, 5.41) is 9.07. The van der Waals surface area contributed by atoms with Crippen LogP contribution in [0.5, 0.6) is 11.5 Å². The average Bonchev–Trinajstić information content (AvgIpc) is 2.48. The standard InChI is InChI=1S/C15H10ClF4NO3/c1-7(14(16)23)24-12-3-2-8(4-11(12)22)13-10(17)5-9(6-21-13)15(18,19)20/h2-7,22H,1H3. The van der Waals surface area contributed by atoms with Crippen molar-refractivity contribution < 1.29 is 32.2 Å². The van der Waals surface area contributed by atoms with E-state index in [1.54, 1.807) is 0 Å². The molecule has 2 aromatic rings. The first-order valence-electron chi connectivity index (χ1n) is 6.51. The number of alkyl halides is 3. The molecule has 0 aliphatic rings. The lowest BCUT2D eigenvalue weighted by Gasteiger charge is -2.13. The number of carbonyl (C=O) groups excluding carboxylic acids is 1. The van der Waals surface area contributed by atoms with Crippen LogP contribution in [0, 0.1) is 5.82 Å². The number of benzene rings is 1. The summed E-state index contributed by atoms with van der Waals surface area (Å²) in [6.45, 7) is 1.36. The Morgan fingerprint density at radius 2 is 2.00 bits per heavy atom. The van der Waals surface area contributed by atoms with Crippen LogP contribution in [0.25, 0.3) is 11.3 Å². The zero-order valence-corrected chi connectivity index (χ0v) is 12.8. The monoisotopic (exact) mass is 363 g/mol. The van der Waals surface area contributed by atoms with E-state index in [-0.39, 0.29) is 17.0 Å². The summed E-state index contributed by atoms with van der Waals surface area (Å²) in [4.78, 5) is 14.4. The smallest absolute Gasteiger partial charge is 0.417 e. The Balaban J connectivity index is 2.34. The van der Waals surface area contributed by atoms with E-state index in [2.05, 4.69) is 4.98 Å². The number of nitrogens with zero attached hydrogens (tertiary/aromatic N) is 1. The maximum atomic E-state index is 13.9. The van der Waals surface area contributed by atoms with Gasteiger partial charge in [-0.25, -0.2) is 4.39 Å². The van der Waals surface area contributed by atoms with Crippen LogP contribution in [0.15, 0.2) is 30.5 Å². The number of phenolic OH excluding ortho intramolecular Hbond substituents is 1. The van der Waals surface area contributed by atoms with Crippen LogP contribution in [-0.2, 0) is 11.0 Å². The third kappa shape index (κ3) is 3.94. The van der Waals surface area contributed by atoms with Crippen molar-refractivity contribution in [2.75, 3.05) is 0 Å². The van der Waals surface area contributed by atoms with Crippen LogP contribution in [0.3, 0.4) is 0 Å². The zero-order chi connectivity index (χ0) is 18.1. The van der Waals surface area contributed by atoms with Gasteiger partial charge in [0.25, 0.3) is 5.24 Å². The lowest BCUT2D eigenvalue weighted by molar-refractivity contribution is -0.138. The third-order valence-corrected chi connectivity index (χ3v) is 3.33. The molecule has 4 nitrogen and oxygen atoms in total. The minimum absolute atomic E-state index is 0.0379. The van der Waals surface area contributed by atoms with Crippen LogP contribution in [0.4, 0.5) is 17.6 Å². The molecule has 0 bridgehead atoms. The van der Waals surface area contributed by atoms with Crippen molar-refractivity contribution >= 4 is 16.8 Å². The topological polar surface area (TPSA) is 59.4 Å². The molecule has 1 unspecified atom stereocenters. The van der Waals surface area contributed by atoms with Crippen LogP contribution < -0.4 is 4.74 Å². The Bertz CT molecular complexity index is 780. The first-order valence-corrected chi connectivity index (χ1v) is 6.89. The van der Waals surface area contributed by atoms with E-state index in [0.29, 0.717) is 12.3 Å². The van der Waals surface area contributed by atoms with Crippen LogP contribution >= 0.6 is 11.6 Å². The molecule has 1 aromatic carbocycles. The summed E-state index contributed by atoms with van der Waals surface area (Å²) >= 11 is 5.23. The molecule has 0 saturated heterocycles. The maximum Gasteiger partial charge on any atom is 0.417 e. The Morgan fingerprint density at radius 3 is 2.50 bits per heavy atom. The summed E-state index contributed by atoms with van der Waals surface area (Å²) < 4.78 is 56.5. The molecule has 0 aliphatic heterocycles. The normalized spacial score (nSPS) is 12.8. The SMILES string of the molecule is CC(Oc1ccc(-c2ncc(C(F)(F)F)cc2F)cc1O)C(=O)Cl. The predicted octanol–water partition coefficient (Wildman–Crippen LogP) is 4.14. The number of phenols is 1. The molecule has 2 rings (SSSR count). The summed E-state index contributed by atoms with van der Waals surface area (Å²) in [6, 6.07) is 3.87. The zero-order valence-electron chi connectivity index (χ0n) is 12.1. The Morgan fingerprint density at radius 1 is 1.33 bits per heavy atom. The van der Waals surface area contributed by atoms with Gasteiger partial charge in [0.1, 0.15) is 11.5 Å². The minimum Gasteiger partial charge on any atom is -0.504 e. The van der Waals surface area contributed by atoms with E-state index in [1.807, 2.05) is 0 Å². The minimum atomic E-state index is -4.71. The molecule has 1 atom stereocenters. The number of hydrogen-bond acceptors (Lipinski definition) is 4. The van der Waals surface area contributed by atoms with Gasteiger partial charge < -0.3 is 9.84 Å². The second-order valence-corrected chi connectivity index (χ2v) is 5.17. The van der Waals surface area contributed by atoms with Gasteiger partial charge in [-0.3, -0.25) is 9.78 Å². The van der Waals surface area contributed by atoms with E-state index in [4.69, 9.17) is 16.3 Å². The third-order valence-electron chi connectivity index (χ3n) is 3.02. The molecular weight excluding hydrogens is 354 g/mol. The van der Waals surface area contributed by atoms with Crippen LogP contribution in [0.2, 0.25) is 0 Å². The Labute approximate surface area is 138 Å². The number of aromatic hydroxyl groups is 1. The van der Waals surface area contributed by atoms with Gasteiger partial charge >= 0.3 is 6.18 Å². The molecule has 1 heterocycles. The van der Waals surface area contributed by atoms with Gasteiger partial charge in [0.2, 0.25) is 0 Å². The first kappa shape index (κ1) is 18.0.